The second-order valence-corrected chi connectivity index (χ2v) is 6.93. The van der Waals surface area contributed by atoms with Crippen molar-refractivity contribution in [3.8, 4) is 17.2 Å². The lowest BCUT2D eigenvalue weighted by atomic mass is 10.0. The van der Waals surface area contributed by atoms with Gasteiger partial charge in [0.05, 0.1) is 0 Å². The number of benzene rings is 2. The number of Topliss-reactive ketones (excluding diaryl/α,β-unsaturated/α-hetero) is 1. The summed E-state index contributed by atoms with van der Waals surface area (Å²) in [6, 6.07) is 10.8. The Morgan fingerprint density at radius 1 is 1.00 bits per heavy atom. The monoisotopic (exact) mass is 384 g/mol. The van der Waals surface area contributed by atoms with Crippen molar-refractivity contribution in [3.05, 3.63) is 53.1 Å². The van der Waals surface area contributed by atoms with Gasteiger partial charge in [0.1, 0.15) is 19.0 Å². The summed E-state index contributed by atoms with van der Waals surface area (Å²) in [5.41, 5.74) is 2.46. The molecule has 1 aliphatic heterocycles. The Morgan fingerprint density at radius 3 is 2.50 bits per heavy atom. The molecular weight excluding hydrogens is 360 g/mol. The highest BCUT2D eigenvalue weighted by Crippen LogP contribution is 2.31. The van der Waals surface area contributed by atoms with Crippen LogP contribution in [0.3, 0.4) is 0 Å². The van der Waals surface area contributed by atoms with Crippen LogP contribution < -0.4 is 14.2 Å². The molecule has 148 valence electrons. The van der Waals surface area contributed by atoms with Crippen molar-refractivity contribution < 1.29 is 28.5 Å². The summed E-state index contributed by atoms with van der Waals surface area (Å²) in [5.74, 6) is 1.14. The van der Waals surface area contributed by atoms with Crippen molar-refractivity contribution >= 4 is 11.8 Å². The van der Waals surface area contributed by atoms with Crippen LogP contribution in [0.4, 0.5) is 0 Å². The van der Waals surface area contributed by atoms with Gasteiger partial charge < -0.3 is 18.9 Å². The number of fused-ring (bicyclic) bond motifs is 1. The summed E-state index contributed by atoms with van der Waals surface area (Å²) in [5, 5.41) is 0. The highest BCUT2D eigenvalue weighted by Gasteiger charge is 2.17. The molecule has 0 atom stereocenters. The first-order valence-electron chi connectivity index (χ1n) is 9.26. The zero-order chi connectivity index (χ0) is 20.1. The maximum atomic E-state index is 12.3. The molecule has 6 nitrogen and oxygen atoms in total. The Hall–Kier alpha value is -3.02. The van der Waals surface area contributed by atoms with Gasteiger partial charge in [0, 0.05) is 5.56 Å². The minimum absolute atomic E-state index is 0.252. The van der Waals surface area contributed by atoms with Gasteiger partial charge >= 0.3 is 5.97 Å². The second kappa shape index (κ2) is 8.78. The van der Waals surface area contributed by atoms with Gasteiger partial charge in [-0.25, -0.2) is 4.79 Å². The van der Waals surface area contributed by atoms with Crippen molar-refractivity contribution in [1.82, 2.24) is 0 Å². The first-order valence-corrected chi connectivity index (χ1v) is 9.26. The first kappa shape index (κ1) is 19.7. The molecule has 0 saturated heterocycles. The number of ketones is 1. The molecule has 0 aromatic heterocycles. The average molecular weight is 384 g/mol. The van der Waals surface area contributed by atoms with Gasteiger partial charge in [-0.1, -0.05) is 26.0 Å². The summed E-state index contributed by atoms with van der Waals surface area (Å²) in [4.78, 5) is 24.3. The number of aryl methyl sites for hydroxylation is 1. The van der Waals surface area contributed by atoms with Crippen LogP contribution in [0.25, 0.3) is 0 Å². The molecule has 28 heavy (non-hydrogen) atoms. The number of rotatable bonds is 7. The standard InChI is InChI=1S/C22H24O6/c1-14(2)17-6-4-15(3)10-20(17)27-13-22(24)28-12-18(23)16-5-7-19-21(11-16)26-9-8-25-19/h4-7,10-11,14H,8-9,12-13H2,1-3H3. The van der Waals surface area contributed by atoms with Crippen LogP contribution >= 0.6 is 0 Å². The van der Waals surface area contributed by atoms with Crippen molar-refractivity contribution in [2.45, 2.75) is 26.7 Å². The molecule has 2 aromatic carbocycles. The predicted octanol–water partition coefficient (Wildman–Crippen LogP) is 3.69. The Kier molecular flexibility index (Phi) is 6.19. The largest absolute Gasteiger partial charge is 0.486 e. The summed E-state index contributed by atoms with van der Waals surface area (Å²) >= 11 is 0. The van der Waals surface area contributed by atoms with E-state index in [1.807, 2.05) is 25.1 Å². The van der Waals surface area contributed by atoms with E-state index >= 15 is 0 Å². The Labute approximate surface area is 164 Å². The number of esters is 1. The Morgan fingerprint density at radius 2 is 1.75 bits per heavy atom. The van der Waals surface area contributed by atoms with Crippen LogP contribution in [0, 0.1) is 6.92 Å². The van der Waals surface area contributed by atoms with E-state index in [1.165, 1.54) is 0 Å². The van der Waals surface area contributed by atoms with Crippen molar-refractivity contribution in [3.63, 3.8) is 0 Å². The highest BCUT2D eigenvalue weighted by molar-refractivity contribution is 5.98. The molecule has 1 aliphatic rings. The van der Waals surface area contributed by atoms with E-state index in [0.29, 0.717) is 36.0 Å². The third kappa shape index (κ3) is 4.82. The molecule has 0 saturated carbocycles. The van der Waals surface area contributed by atoms with E-state index < -0.39 is 5.97 Å². The fourth-order valence-electron chi connectivity index (χ4n) is 2.87. The molecule has 0 unspecified atom stereocenters. The van der Waals surface area contributed by atoms with E-state index in [9.17, 15) is 9.59 Å². The first-order chi connectivity index (χ1) is 13.4. The SMILES string of the molecule is Cc1ccc(C(C)C)c(OCC(=O)OCC(=O)c2ccc3c(c2)OCCO3)c1. The molecule has 0 fully saturated rings. The zero-order valence-corrected chi connectivity index (χ0v) is 16.3. The molecule has 0 aliphatic carbocycles. The van der Waals surface area contributed by atoms with Gasteiger partial charge in [-0.05, 0) is 48.2 Å². The molecule has 0 bridgehead atoms. The average Bonchev–Trinajstić information content (AvgIpc) is 2.69. The van der Waals surface area contributed by atoms with E-state index in [2.05, 4.69) is 13.8 Å². The fourth-order valence-corrected chi connectivity index (χ4v) is 2.87. The molecule has 0 spiro atoms. The minimum atomic E-state index is -0.595. The van der Waals surface area contributed by atoms with Crippen molar-refractivity contribution in [1.29, 1.82) is 0 Å². The summed E-state index contributed by atoms with van der Waals surface area (Å²) in [7, 11) is 0. The minimum Gasteiger partial charge on any atom is -0.486 e. The van der Waals surface area contributed by atoms with Crippen molar-refractivity contribution in [2.24, 2.45) is 0 Å². The van der Waals surface area contributed by atoms with Gasteiger partial charge in [0.2, 0.25) is 0 Å². The lowest BCUT2D eigenvalue weighted by Crippen LogP contribution is -2.20. The van der Waals surface area contributed by atoms with Crippen LogP contribution in [0.5, 0.6) is 17.2 Å². The lowest BCUT2D eigenvalue weighted by molar-refractivity contribution is -0.144. The number of carbonyl (C=O) groups excluding carboxylic acids is 2. The third-order valence-electron chi connectivity index (χ3n) is 4.36. The molecule has 0 amide bonds. The number of carbonyl (C=O) groups is 2. The molecular formula is C22H24O6. The van der Waals surface area contributed by atoms with Crippen LogP contribution in [0.1, 0.15) is 41.3 Å². The Bertz CT molecular complexity index is 871. The van der Waals surface area contributed by atoms with Gasteiger partial charge in [-0.2, -0.15) is 0 Å². The lowest BCUT2D eigenvalue weighted by Gasteiger charge is -2.18. The molecule has 2 aromatic rings. The number of hydrogen-bond donors (Lipinski definition) is 0. The highest BCUT2D eigenvalue weighted by atomic mass is 16.6. The van der Waals surface area contributed by atoms with Crippen LogP contribution in [0.15, 0.2) is 36.4 Å². The summed E-state index contributed by atoms with van der Waals surface area (Å²) < 4.78 is 21.6. The summed E-state index contributed by atoms with van der Waals surface area (Å²) in [6.45, 7) is 6.39. The molecule has 6 heteroatoms. The van der Waals surface area contributed by atoms with E-state index in [4.69, 9.17) is 18.9 Å². The molecule has 0 radical (unpaired) electrons. The van der Waals surface area contributed by atoms with E-state index in [0.717, 1.165) is 11.1 Å². The van der Waals surface area contributed by atoms with Gasteiger partial charge in [0.25, 0.3) is 0 Å². The maximum Gasteiger partial charge on any atom is 0.344 e. The Balaban J connectivity index is 1.53. The third-order valence-corrected chi connectivity index (χ3v) is 4.36. The fraction of sp³-hybridized carbons (Fsp3) is 0.364. The smallest absolute Gasteiger partial charge is 0.344 e. The van der Waals surface area contributed by atoms with E-state index in [1.54, 1.807) is 18.2 Å². The zero-order valence-electron chi connectivity index (χ0n) is 16.3. The molecule has 3 rings (SSSR count). The quantitative estimate of drug-likeness (QED) is 0.536. The molecule has 0 N–H and O–H groups in total. The predicted molar refractivity (Wildman–Crippen MR) is 103 cm³/mol. The number of hydrogen-bond acceptors (Lipinski definition) is 6. The van der Waals surface area contributed by atoms with E-state index in [-0.39, 0.29) is 24.9 Å². The van der Waals surface area contributed by atoms with Crippen LogP contribution in [0.2, 0.25) is 0 Å². The van der Waals surface area contributed by atoms with Gasteiger partial charge in [-0.15, -0.1) is 0 Å². The molecule has 1 heterocycles. The summed E-state index contributed by atoms with van der Waals surface area (Å²) in [6.07, 6.45) is 0. The van der Waals surface area contributed by atoms with Crippen molar-refractivity contribution in [2.75, 3.05) is 26.4 Å². The van der Waals surface area contributed by atoms with Gasteiger partial charge in [-0.3, -0.25) is 4.79 Å². The van der Waals surface area contributed by atoms with Crippen LogP contribution in [-0.4, -0.2) is 38.2 Å². The van der Waals surface area contributed by atoms with Gasteiger partial charge in [0.15, 0.2) is 30.5 Å². The number of ether oxygens (including phenoxy) is 4. The normalized spacial score (nSPS) is 12.6. The topological polar surface area (TPSA) is 71.1 Å². The second-order valence-electron chi connectivity index (χ2n) is 6.93. The van der Waals surface area contributed by atoms with Crippen LogP contribution in [-0.2, 0) is 9.53 Å². The maximum absolute atomic E-state index is 12.3.